The second kappa shape index (κ2) is 5.53. The summed E-state index contributed by atoms with van der Waals surface area (Å²) in [5, 5.41) is 15.0. The van der Waals surface area contributed by atoms with Gasteiger partial charge in [-0.3, -0.25) is 4.79 Å². The zero-order chi connectivity index (χ0) is 14.0. The smallest absolute Gasteiger partial charge is 0.246 e. The monoisotopic (exact) mass is 289 g/mol. The van der Waals surface area contributed by atoms with E-state index in [9.17, 15) is 10.1 Å². The third-order valence-corrected chi connectivity index (χ3v) is 5.12. The van der Waals surface area contributed by atoms with Gasteiger partial charge in [0, 0.05) is 11.3 Å². The number of hydrogen-bond acceptors (Lipinski definition) is 4. The number of aromatic nitrogens is 1. The molecule has 1 aromatic heterocycles. The lowest BCUT2D eigenvalue weighted by Crippen LogP contribution is -2.34. The van der Waals surface area contributed by atoms with E-state index in [1.807, 2.05) is 5.38 Å². The van der Waals surface area contributed by atoms with E-state index in [-0.39, 0.29) is 5.91 Å². The van der Waals surface area contributed by atoms with Gasteiger partial charge < -0.3 is 5.32 Å². The Kier molecular flexibility index (Phi) is 3.75. The molecule has 0 spiro atoms. The Balaban J connectivity index is 1.71. The molecule has 0 aliphatic heterocycles. The van der Waals surface area contributed by atoms with Crippen LogP contribution in [0.5, 0.6) is 0 Å². The highest BCUT2D eigenvalue weighted by atomic mass is 32.1. The number of carbonyl (C=O) groups is 1. The predicted molar refractivity (Wildman–Crippen MR) is 78.5 cm³/mol. The summed E-state index contributed by atoms with van der Waals surface area (Å²) in [4.78, 5) is 17.0. The summed E-state index contributed by atoms with van der Waals surface area (Å²) in [5.74, 6) is 0.443. The summed E-state index contributed by atoms with van der Waals surface area (Å²) in [6.45, 7) is 0. The fraction of sp³-hybridized carbons (Fsp3) is 0.667. The van der Waals surface area contributed by atoms with Crippen molar-refractivity contribution < 1.29 is 4.79 Å². The van der Waals surface area contributed by atoms with E-state index in [2.05, 4.69) is 16.4 Å². The number of thiazole rings is 1. The Bertz CT molecular complexity index is 534. The molecule has 3 rings (SSSR count). The van der Waals surface area contributed by atoms with E-state index in [1.165, 1.54) is 24.2 Å². The Labute approximate surface area is 123 Å². The molecule has 106 valence electrons. The molecular formula is C15H19N3OS. The summed E-state index contributed by atoms with van der Waals surface area (Å²) >= 11 is 1.47. The molecule has 0 atom stereocenters. The van der Waals surface area contributed by atoms with Gasteiger partial charge in [0.2, 0.25) is 5.91 Å². The van der Waals surface area contributed by atoms with Crippen molar-refractivity contribution in [3.05, 3.63) is 11.1 Å². The first-order valence-electron chi connectivity index (χ1n) is 7.42. The van der Waals surface area contributed by atoms with Gasteiger partial charge in [0.15, 0.2) is 5.13 Å². The molecule has 2 aliphatic carbocycles. The minimum atomic E-state index is -0.845. The predicted octanol–water partition coefficient (Wildman–Crippen LogP) is 3.82. The number of amides is 1. The zero-order valence-electron chi connectivity index (χ0n) is 11.5. The molecule has 1 aromatic rings. The van der Waals surface area contributed by atoms with Crippen molar-refractivity contribution in [3.63, 3.8) is 0 Å². The number of nitrogens with zero attached hydrogens (tertiary/aromatic N) is 2. The number of anilines is 1. The Morgan fingerprint density at radius 1 is 1.35 bits per heavy atom. The summed E-state index contributed by atoms with van der Waals surface area (Å²) in [5.41, 5.74) is 0.249. The Morgan fingerprint density at radius 2 is 2.05 bits per heavy atom. The number of nitriles is 1. The van der Waals surface area contributed by atoms with Gasteiger partial charge in [-0.05, 0) is 25.7 Å². The molecule has 0 aromatic carbocycles. The van der Waals surface area contributed by atoms with E-state index in [0.29, 0.717) is 23.9 Å². The topological polar surface area (TPSA) is 65.8 Å². The Morgan fingerprint density at radius 3 is 2.65 bits per heavy atom. The van der Waals surface area contributed by atoms with Gasteiger partial charge in [-0.25, -0.2) is 4.98 Å². The average molecular weight is 289 g/mol. The average Bonchev–Trinajstić information content (AvgIpc) is 3.25. The van der Waals surface area contributed by atoms with Crippen LogP contribution in [-0.4, -0.2) is 10.9 Å². The molecule has 0 unspecified atom stereocenters. The molecule has 5 heteroatoms. The van der Waals surface area contributed by atoms with Gasteiger partial charge in [-0.15, -0.1) is 11.3 Å². The van der Waals surface area contributed by atoms with Crippen molar-refractivity contribution in [2.75, 3.05) is 5.32 Å². The highest BCUT2D eigenvalue weighted by Crippen LogP contribution is 2.41. The SMILES string of the molecule is N#CC1(C(=O)Nc2nc(C3CC3)cs2)CCCCCC1. The fourth-order valence-corrected chi connectivity index (χ4v) is 3.64. The number of rotatable bonds is 3. The van der Waals surface area contributed by atoms with Crippen LogP contribution < -0.4 is 5.32 Å². The molecule has 1 heterocycles. The molecule has 2 saturated carbocycles. The van der Waals surface area contributed by atoms with Crippen LogP contribution in [0.2, 0.25) is 0 Å². The minimum absolute atomic E-state index is 0.154. The fourth-order valence-electron chi connectivity index (χ4n) is 2.85. The molecule has 2 fully saturated rings. The highest BCUT2D eigenvalue weighted by molar-refractivity contribution is 7.13. The maximum atomic E-state index is 12.5. The highest BCUT2D eigenvalue weighted by Gasteiger charge is 2.39. The van der Waals surface area contributed by atoms with Gasteiger partial charge in [-0.2, -0.15) is 5.26 Å². The van der Waals surface area contributed by atoms with Crippen molar-refractivity contribution in [1.29, 1.82) is 5.26 Å². The molecule has 2 aliphatic rings. The summed E-state index contributed by atoms with van der Waals surface area (Å²) < 4.78 is 0. The van der Waals surface area contributed by atoms with Crippen LogP contribution >= 0.6 is 11.3 Å². The second-order valence-electron chi connectivity index (χ2n) is 5.91. The van der Waals surface area contributed by atoms with Crippen molar-refractivity contribution >= 4 is 22.4 Å². The number of hydrogen-bond donors (Lipinski definition) is 1. The van der Waals surface area contributed by atoms with E-state index in [1.54, 1.807) is 0 Å². The molecule has 1 amide bonds. The van der Waals surface area contributed by atoms with E-state index < -0.39 is 5.41 Å². The molecule has 20 heavy (non-hydrogen) atoms. The summed E-state index contributed by atoms with van der Waals surface area (Å²) in [6, 6.07) is 2.28. The standard InChI is InChI=1S/C15H19N3OS/c16-10-15(7-3-1-2-4-8-15)13(19)18-14-17-12(9-20-14)11-5-6-11/h9,11H,1-8H2,(H,17,18,19). The van der Waals surface area contributed by atoms with Crippen molar-refractivity contribution in [1.82, 2.24) is 4.98 Å². The van der Waals surface area contributed by atoms with Crippen LogP contribution in [0.15, 0.2) is 5.38 Å². The maximum absolute atomic E-state index is 12.5. The quantitative estimate of drug-likeness (QED) is 0.860. The van der Waals surface area contributed by atoms with Crippen LogP contribution in [-0.2, 0) is 4.79 Å². The largest absolute Gasteiger partial charge is 0.301 e. The molecule has 4 nitrogen and oxygen atoms in total. The van der Waals surface area contributed by atoms with E-state index in [4.69, 9.17) is 0 Å². The molecule has 1 N–H and O–H groups in total. The first kappa shape index (κ1) is 13.6. The minimum Gasteiger partial charge on any atom is -0.301 e. The van der Waals surface area contributed by atoms with Gasteiger partial charge in [0.1, 0.15) is 5.41 Å². The van der Waals surface area contributed by atoms with Gasteiger partial charge in [-0.1, -0.05) is 25.7 Å². The molecular weight excluding hydrogens is 270 g/mol. The molecule has 0 bridgehead atoms. The zero-order valence-corrected chi connectivity index (χ0v) is 12.3. The van der Waals surface area contributed by atoms with Crippen LogP contribution in [0.3, 0.4) is 0 Å². The summed E-state index contributed by atoms with van der Waals surface area (Å²) in [7, 11) is 0. The second-order valence-corrected chi connectivity index (χ2v) is 6.77. The van der Waals surface area contributed by atoms with Crippen molar-refractivity contribution in [2.45, 2.75) is 57.3 Å². The lowest BCUT2D eigenvalue weighted by Gasteiger charge is -2.22. The maximum Gasteiger partial charge on any atom is 0.246 e. The van der Waals surface area contributed by atoms with Gasteiger partial charge >= 0.3 is 0 Å². The van der Waals surface area contributed by atoms with Crippen LogP contribution in [0.25, 0.3) is 0 Å². The normalized spacial score (nSPS) is 21.8. The van der Waals surface area contributed by atoms with Gasteiger partial charge in [0.05, 0.1) is 11.8 Å². The number of carbonyl (C=O) groups excluding carboxylic acids is 1. The van der Waals surface area contributed by atoms with E-state index in [0.717, 1.165) is 31.4 Å². The third-order valence-electron chi connectivity index (χ3n) is 4.34. The Hall–Kier alpha value is -1.41. The van der Waals surface area contributed by atoms with Crippen molar-refractivity contribution in [2.24, 2.45) is 5.41 Å². The summed E-state index contributed by atoms with van der Waals surface area (Å²) in [6.07, 6.45) is 7.95. The molecule has 0 radical (unpaired) electrons. The molecule has 0 saturated heterocycles. The van der Waals surface area contributed by atoms with Crippen LogP contribution in [0.4, 0.5) is 5.13 Å². The third kappa shape index (κ3) is 2.71. The first-order chi connectivity index (χ1) is 9.73. The number of nitrogens with one attached hydrogen (secondary N) is 1. The first-order valence-corrected chi connectivity index (χ1v) is 8.30. The van der Waals surface area contributed by atoms with Crippen LogP contribution in [0.1, 0.15) is 63.0 Å². The van der Waals surface area contributed by atoms with E-state index >= 15 is 0 Å². The lowest BCUT2D eigenvalue weighted by atomic mass is 9.81. The van der Waals surface area contributed by atoms with Crippen LogP contribution in [0, 0.1) is 16.7 Å². The van der Waals surface area contributed by atoms with Gasteiger partial charge in [0.25, 0.3) is 0 Å². The van der Waals surface area contributed by atoms with Crippen molar-refractivity contribution in [3.8, 4) is 6.07 Å². The lowest BCUT2D eigenvalue weighted by molar-refractivity contribution is -0.123.